The van der Waals surface area contributed by atoms with Crippen LogP contribution in [-0.4, -0.2) is 44.7 Å². The van der Waals surface area contributed by atoms with E-state index in [0.29, 0.717) is 0 Å². The normalized spacial score (nSPS) is 13.0. The van der Waals surface area contributed by atoms with Gasteiger partial charge in [0, 0.05) is 13.7 Å². The quantitative estimate of drug-likeness (QED) is 0.185. The lowest BCUT2D eigenvalue weighted by Crippen LogP contribution is -2.59. The molecule has 0 unspecified atom stereocenters. The highest BCUT2D eigenvalue weighted by Crippen LogP contribution is 2.71. The Labute approximate surface area is 227 Å². The number of nitrogens with zero attached hydrogens (tertiary/aromatic N) is 1. The van der Waals surface area contributed by atoms with Gasteiger partial charge in [-0.3, -0.25) is 14.0 Å². The molecule has 4 rings (SSSR count). The molecule has 0 bridgehead atoms. The lowest BCUT2D eigenvalue weighted by molar-refractivity contribution is 0.0478. The Morgan fingerprint density at radius 1 is 0.564 bits per heavy atom. The van der Waals surface area contributed by atoms with Crippen LogP contribution < -0.4 is 0 Å². The summed E-state index contributed by atoms with van der Waals surface area (Å²) in [6.07, 6.45) is 0. The Hall–Kier alpha value is -2.90. The van der Waals surface area contributed by atoms with E-state index in [2.05, 4.69) is 0 Å². The summed E-state index contributed by atoms with van der Waals surface area (Å²) in [5.74, 6) is 0. The van der Waals surface area contributed by atoms with Gasteiger partial charge in [-0.1, -0.05) is 121 Å². The van der Waals surface area contributed by atoms with Gasteiger partial charge >= 0.3 is 15.2 Å². The molecular formula is C29H31NO7P2. The monoisotopic (exact) mass is 567 g/mol. The summed E-state index contributed by atoms with van der Waals surface area (Å²) in [7, 11) is -9.23. The molecule has 0 aliphatic rings. The van der Waals surface area contributed by atoms with Gasteiger partial charge in [-0.25, -0.2) is 0 Å². The Morgan fingerprint density at radius 3 is 1.03 bits per heavy atom. The molecule has 4 aromatic carbocycles. The molecule has 0 heterocycles. The van der Waals surface area contributed by atoms with Crippen molar-refractivity contribution >= 4 is 15.2 Å². The van der Waals surface area contributed by atoms with E-state index in [-0.39, 0.29) is 35.4 Å². The van der Waals surface area contributed by atoms with Gasteiger partial charge in [-0.05, 0) is 22.3 Å². The van der Waals surface area contributed by atoms with Crippen molar-refractivity contribution < 1.29 is 33.4 Å². The molecule has 0 fully saturated rings. The summed E-state index contributed by atoms with van der Waals surface area (Å²) in [4.78, 5) is 46.9. The van der Waals surface area contributed by atoms with Crippen LogP contribution in [0.25, 0.3) is 0 Å². The van der Waals surface area contributed by atoms with Gasteiger partial charge in [0.05, 0.1) is 6.61 Å². The van der Waals surface area contributed by atoms with Gasteiger partial charge in [-0.15, -0.1) is 0 Å². The van der Waals surface area contributed by atoms with Crippen LogP contribution in [0.2, 0.25) is 0 Å². The van der Waals surface area contributed by atoms with E-state index in [1.54, 1.807) is 121 Å². The van der Waals surface area contributed by atoms with Crippen LogP contribution in [0.3, 0.4) is 0 Å². The first kappa shape index (κ1) is 29.1. The zero-order chi connectivity index (χ0) is 28.2. The number of hydrogen-bond donors (Lipinski definition) is 4. The summed E-state index contributed by atoms with van der Waals surface area (Å²) in [6.45, 7) is -0.330. The molecule has 39 heavy (non-hydrogen) atoms. The third-order valence-corrected chi connectivity index (χ3v) is 10.1. The Balaban J connectivity index is 2.30. The third kappa shape index (κ3) is 5.07. The number of benzene rings is 4. The molecule has 0 aliphatic carbocycles. The molecular weight excluding hydrogens is 536 g/mol. The van der Waals surface area contributed by atoms with Crippen LogP contribution >= 0.6 is 15.2 Å². The van der Waals surface area contributed by atoms with Crippen molar-refractivity contribution in [3.8, 4) is 0 Å². The van der Waals surface area contributed by atoms with E-state index < -0.39 is 25.8 Å². The second-order valence-electron chi connectivity index (χ2n) is 9.04. The lowest BCUT2D eigenvalue weighted by atomic mass is 9.89. The van der Waals surface area contributed by atoms with Crippen molar-refractivity contribution in [1.29, 1.82) is 0 Å². The molecule has 0 radical (unpaired) electrons. The van der Waals surface area contributed by atoms with Crippen molar-refractivity contribution in [3.05, 3.63) is 144 Å². The van der Waals surface area contributed by atoms with Crippen molar-refractivity contribution in [2.24, 2.45) is 0 Å². The Kier molecular flexibility index (Phi) is 8.72. The molecule has 0 aliphatic heterocycles. The minimum absolute atomic E-state index is 0.0805. The average Bonchev–Trinajstić information content (AvgIpc) is 2.93. The van der Waals surface area contributed by atoms with E-state index in [1.807, 2.05) is 0 Å². The molecule has 0 spiro atoms. The fourth-order valence-electron chi connectivity index (χ4n) is 5.37. The highest BCUT2D eigenvalue weighted by Gasteiger charge is 2.66. The summed E-state index contributed by atoms with van der Waals surface area (Å²) in [6, 6.07) is 32.5. The van der Waals surface area contributed by atoms with E-state index in [9.17, 15) is 28.7 Å². The minimum Gasteiger partial charge on any atom is -0.383 e. The number of ether oxygens (including phenoxy) is 1. The van der Waals surface area contributed by atoms with Gasteiger partial charge < -0.3 is 24.3 Å². The van der Waals surface area contributed by atoms with Crippen molar-refractivity contribution in [1.82, 2.24) is 4.90 Å². The van der Waals surface area contributed by atoms with E-state index in [4.69, 9.17) is 4.74 Å². The number of hydrogen-bond acceptors (Lipinski definition) is 4. The average molecular weight is 568 g/mol. The van der Waals surface area contributed by atoms with Crippen LogP contribution in [-0.2, 0) is 24.4 Å². The predicted octanol–water partition coefficient (Wildman–Crippen LogP) is 5.09. The van der Waals surface area contributed by atoms with Gasteiger partial charge in [-0.2, -0.15) is 0 Å². The molecule has 10 heteroatoms. The predicted molar refractivity (Wildman–Crippen MR) is 150 cm³/mol. The van der Waals surface area contributed by atoms with Crippen molar-refractivity contribution in [3.63, 3.8) is 0 Å². The van der Waals surface area contributed by atoms with E-state index in [1.165, 1.54) is 12.0 Å². The maximum Gasteiger partial charge on any atom is 0.354 e. The molecule has 0 saturated carbocycles. The zero-order valence-corrected chi connectivity index (χ0v) is 23.1. The minimum atomic E-state index is -5.33. The van der Waals surface area contributed by atoms with Crippen LogP contribution in [0.15, 0.2) is 121 Å². The molecule has 0 atom stereocenters. The molecule has 0 saturated heterocycles. The summed E-state index contributed by atoms with van der Waals surface area (Å²) >= 11 is 0. The van der Waals surface area contributed by atoms with Gasteiger partial charge in [0.25, 0.3) is 0 Å². The summed E-state index contributed by atoms with van der Waals surface area (Å²) < 4.78 is 33.5. The third-order valence-electron chi connectivity index (χ3n) is 6.85. The Bertz CT molecular complexity index is 1250. The van der Waals surface area contributed by atoms with Gasteiger partial charge in [0.15, 0.2) is 10.6 Å². The fraction of sp³-hybridized carbons (Fsp3) is 0.172. The molecule has 8 nitrogen and oxygen atoms in total. The largest absolute Gasteiger partial charge is 0.383 e. The maximum absolute atomic E-state index is 14.1. The highest BCUT2D eigenvalue weighted by atomic mass is 31.2. The molecule has 4 N–H and O–H groups in total. The second kappa shape index (κ2) is 11.7. The fourth-order valence-corrected chi connectivity index (χ4v) is 8.52. The van der Waals surface area contributed by atoms with E-state index >= 15 is 0 Å². The Morgan fingerprint density at radius 2 is 0.821 bits per heavy atom. The summed E-state index contributed by atoms with van der Waals surface area (Å²) in [5, 5.41) is -4.66. The SMILES string of the molecule is COCCN(C(c1ccccc1)(c1ccccc1)P(=O)(O)O)C(c1ccccc1)(c1ccccc1)P(=O)(O)O. The standard InChI is InChI=1S/C29H31NO7P2/c1-37-23-22-30(28(38(31,32)33,24-14-6-2-7-15-24)25-16-8-3-9-17-25)29(39(34,35)36,26-18-10-4-11-19-26)27-20-12-5-13-21-27/h2-21H,22-23H2,1H3,(H2,31,32,33)(H2,34,35,36). The van der Waals surface area contributed by atoms with Crippen LogP contribution in [0.5, 0.6) is 0 Å². The molecule has 0 amide bonds. The molecule has 4 aromatic rings. The van der Waals surface area contributed by atoms with Crippen LogP contribution in [0.4, 0.5) is 0 Å². The zero-order valence-electron chi connectivity index (χ0n) is 21.3. The van der Waals surface area contributed by atoms with Crippen LogP contribution in [0, 0.1) is 0 Å². The van der Waals surface area contributed by atoms with Crippen molar-refractivity contribution in [2.75, 3.05) is 20.3 Å². The van der Waals surface area contributed by atoms with Crippen LogP contribution in [0.1, 0.15) is 22.3 Å². The van der Waals surface area contributed by atoms with E-state index in [0.717, 1.165) is 0 Å². The first-order valence-corrected chi connectivity index (χ1v) is 15.4. The number of methoxy groups -OCH3 is 1. The number of rotatable bonds is 11. The molecule has 0 aromatic heterocycles. The van der Waals surface area contributed by atoms with Gasteiger partial charge in [0.1, 0.15) is 0 Å². The lowest BCUT2D eigenvalue weighted by Gasteiger charge is -2.54. The molecule has 204 valence electrons. The topological polar surface area (TPSA) is 128 Å². The van der Waals surface area contributed by atoms with Crippen molar-refractivity contribution in [2.45, 2.75) is 10.6 Å². The smallest absolute Gasteiger partial charge is 0.354 e. The maximum atomic E-state index is 14.1. The first-order chi connectivity index (χ1) is 18.6. The highest BCUT2D eigenvalue weighted by molar-refractivity contribution is 7.54. The second-order valence-corrected chi connectivity index (χ2v) is 12.5. The summed E-state index contributed by atoms with van der Waals surface area (Å²) in [5.41, 5.74) is 0.686. The van der Waals surface area contributed by atoms with Gasteiger partial charge in [0.2, 0.25) is 0 Å². The first-order valence-electron chi connectivity index (χ1n) is 12.2.